The van der Waals surface area contributed by atoms with Gasteiger partial charge in [-0.25, -0.2) is 0 Å². The summed E-state index contributed by atoms with van der Waals surface area (Å²) in [5.41, 5.74) is 16.7. The fraction of sp³-hybridized carbons (Fsp3) is 0.294. The van der Waals surface area contributed by atoms with Crippen molar-refractivity contribution in [2.45, 2.75) is 32.4 Å². The van der Waals surface area contributed by atoms with E-state index in [9.17, 15) is 0 Å². The largest absolute Gasteiger partial charge is 0.315 e. The van der Waals surface area contributed by atoms with Crippen LogP contribution in [0.25, 0.3) is 0 Å². The summed E-state index contributed by atoms with van der Waals surface area (Å²) in [6, 6.07) is 16.6. The van der Waals surface area contributed by atoms with Crippen molar-refractivity contribution in [3.63, 3.8) is 0 Å². The summed E-state index contributed by atoms with van der Waals surface area (Å²) in [6.45, 7) is 6.34. The molecule has 2 nitrogen and oxygen atoms in total. The molecule has 0 aliphatic carbocycles. The number of aryl methyl sites for hydroxylation is 2. The van der Waals surface area contributed by atoms with Crippen LogP contribution in [0.3, 0.4) is 0 Å². The molecule has 0 heterocycles. The molecule has 100 valence electrons. The standard InChI is InChI=1S/C17H22N2/c1-12-8-4-6-10-14(12)17(3,16(18)19)15-11-7-5-9-13(15)2/h4-11,16H,18-19H2,1-3H3. The Morgan fingerprint density at radius 1 is 0.789 bits per heavy atom. The first-order valence-electron chi connectivity index (χ1n) is 6.61. The minimum atomic E-state index is -0.449. The molecule has 2 heteroatoms. The maximum Gasteiger partial charge on any atom is 0.0659 e. The van der Waals surface area contributed by atoms with Crippen LogP contribution in [-0.2, 0) is 5.41 Å². The highest BCUT2D eigenvalue weighted by atomic mass is 14.9. The minimum Gasteiger partial charge on any atom is -0.315 e. The summed E-state index contributed by atoms with van der Waals surface area (Å²) in [6.07, 6.45) is -0.449. The molecule has 0 unspecified atom stereocenters. The van der Waals surface area contributed by atoms with Crippen molar-refractivity contribution >= 4 is 0 Å². The van der Waals surface area contributed by atoms with Crippen molar-refractivity contribution in [2.24, 2.45) is 11.5 Å². The second-order valence-electron chi connectivity index (χ2n) is 5.36. The van der Waals surface area contributed by atoms with Gasteiger partial charge in [-0.3, -0.25) is 0 Å². The monoisotopic (exact) mass is 254 g/mol. The van der Waals surface area contributed by atoms with Crippen LogP contribution in [0.15, 0.2) is 48.5 Å². The lowest BCUT2D eigenvalue weighted by Crippen LogP contribution is -2.51. The topological polar surface area (TPSA) is 52.0 Å². The predicted octanol–water partition coefficient (Wildman–Crippen LogP) is 2.85. The Balaban J connectivity index is 2.70. The lowest BCUT2D eigenvalue weighted by atomic mass is 9.71. The molecule has 0 aliphatic rings. The highest BCUT2D eigenvalue weighted by molar-refractivity contribution is 5.47. The highest BCUT2D eigenvalue weighted by Crippen LogP contribution is 2.36. The normalized spacial score (nSPS) is 11.9. The van der Waals surface area contributed by atoms with E-state index < -0.39 is 6.17 Å². The third-order valence-electron chi connectivity index (χ3n) is 4.08. The first-order valence-corrected chi connectivity index (χ1v) is 6.61. The van der Waals surface area contributed by atoms with E-state index >= 15 is 0 Å². The van der Waals surface area contributed by atoms with Gasteiger partial charge in [0.25, 0.3) is 0 Å². The summed E-state index contributed by atoms with van der Waals surface area (Å²) < 4.78 is 0. The van der Waals surface area contributed by atoms with E-state index in [-0.39, 0.29) is 5.41 Å². The number of hydrogen-bond donors (Lipinski definition) is 2. The van der Waals surface area contributed by atoms with E-state index in [4.69, 9.17) is 11.5 Å². The summed E-state index contributed by atoms with van der Waals surface area (Å²) in [4.78, 5) is 0. The van der Waals surface area contributed by atoms with Crippen LogP contribution in [-0.4, -0.2) is 6.17 Å². The second kappa shape index (κ2) is 5.16. The molecule has 0 saturated heterocycles. The van der Waals surface area contributed by atoms with Crippen LogP contribution >= 0.6 is 0 Å². The van der Waals surface area contributed by atoms with Gasteiger partial charge in [0.05, 0.1) is 6.17 Å². The summed E-state index contributed by atoms with van der Waals surface area (Å²) >= 11 is 0. The molecule has 4 N–H and O–H groups in total. The Morgan fingerprint density at radius 3 is 1.47 bits per heavy atom. The van der Waals surface area contributed by atoms with Crippen LogP contribution in [0.4, 0.5) is 0 Å². The molecule has 0 bridgehead atoms. The van der Waals surface area contributed by atoms with E-state index in [1.54, 1.807) is 0 Å². The number of benzene rings is 2. The third-order valence-corrected chi connectivity index (χ3v) is 4.08. The third kappa shape index (κ3) is 2.29. The summed E-state index contributed by atoms with van der Waals surface area (Å²) in [5.74, 6) is 0. The van der Waals surface area contributed by atoms with Gasteiger partial charge in [-0.15, -0.1) is 0 Å². The van der Waals surface area contributed by atoms with Crippen molar-refractivity contribution in [2.75, 3.05) is 0 Å². The lowest BCUT2D eigenvalue weighted by Gasteiger charge is -2.36. The van der Waals surface area contributed by atoms with Gasteiger partial charge >= 0.3 is 0 Å². The van der Waals surface area contributed by atoms with E-state index in [0.29, 0.717) is 0 Å². The minimum absolute atomic E-state index is 0.378. The second-order valence-corrected chi connectivity index (χ2v) is 5.36. The lowest BCUT2D eigenvalue weighted by molar-refractivity contribution is 0.449. The van der Waals surface area contributed by atoms with Crippen molar-refractivity contribution in [3.8, 4) is 0 Å². The molecule has 0 spiro atoms. The molecule has 19 heavy (non-hydrogen) atoms. The quantitative estimate of drug-likeness (QED) is 0.828. The predicted molar refractivity (Wildman–Crippen MR) is 81.0 cm³/mol. The Labute approximate surface area is 115 Å². The zero-order valence-corrected chi connectivity index (χ0v) is 11.9. The molecule has 2 aromatic rings. The van der Waals surface area contributed by atoms with E-state index in [1.807, 2.05) is 24.3 Å². The van der Waals surface area contributed by atoms with Gasteiger partial charge in [-0.1, -0.05) is 48.5 Å². The van der Waals surface area contributed by atoms with Crippen molar-refractivity contribution in [1.29, 1.82) is 0 Å². The molecule has 0 amide bonds. The molecule has 0 fully saturated rings. The van der Waals surface area contributed by atoms with Crippen molar-refractivity contribution < 1.29 is 0 Å². The SMILES string of the molecule is Cc1ccccc1C(C)(c1ccccc1C)C(N)N. The molecule has 0 saturated carbocycles. The Hall–Kier alpha value is -1.64. The van der Waals surface area contributed by atoms with Gasteiger partial charge in [0.2, 0.25) is 0 Å². The smallest absolute Gasteiger partial charge is 0.0659 e. The van der Waals surface area contributed by atoms with Crippen LogP contribution in [0.2, 0.25) is 0 Å². The van der Waals surface area contributed by atoms with Gasteiger partial charge in [0.1, 0.15) is 0 Å². The fourth-order valence-electron chi connectivity index (χ4n) is 2.82. The van der Waals surface area contributed by atoms with Crippen LogP contribution in [0, 0.1) is 13.8 Å². The maximum atomic E-state index is 6.15. The molecule has 0 aliphatic heterocycles. The fourth-order valence-corrected chi connectivity index (χ4v) is 2.82. The molecule has 0 atom stereocenters. The Kier molecular flexibility index (Phi) is 3.74. The Bertz CT molecular complexity index is 527. The molecule has 2 rings (SSSR count). The molecule has 0 radical (unpaired) electrons. The van der Waals surface area contributed by atoms with Gasteiger partial charge in [0.15, 0.2) is 0 Å². The van der Waals surface area contributed by atoms with Crippen molar-refractivity contribution in [3.05, 3.63) is 70.8 Å². The molecule has 0 aromatic heterocycles. The zero-order chi connectivity index (χ0) is 14.0. The molecule has 2 aromatic carbocycles. The highest BCUT2D eigenvalue weighted by Gasteiger charge is 2.35. The first-order chi connectivity index (χ1) is 8.98. The van der Waals surface area contributed by atoms with E-state index in [1.165, 1.54) is 22.3 Å². The maximum absolute atomic E-state index is 6.15. The average Bonchev–Trinajstić information content (AvgIpc) is 2.38. The van der Waals surface area contributed by atoms with Crippen molar-refractivity contribution in [1.82, 2.24) is 0 Å². The zero-order valence-electron chi connectivity index (χ0n) is 11.9. The van der Waals surface area contributed by atoms with E-state index in [0.717, 1.165) is 0 Å². The van der Waals surface area contributed by atoms with Gasteiger partial charge in [0, 0.05) is 5.41 Å². The van der Waals surface area contributed by atoms with Gasteiger partial charge in [-0.05, 0) is 43.0 Å². The number of hydrogen-bond acceptors (Lipinski definition) is 2. The summed E-state index contributed by atoms with van der Waals surface area (Å²) in [7, 11) is 0. The average molecular weight is 254 g/mol. The van der Waals surface area contributed by atoms with Crippen LogP contribution in [0.1, 0.15) is 29.2 Å². The van der Waals surface area contributed by atoms with E-state index in [2.05, 4.69) is 45.0 Å². The van der Waals surface area contributed by atoms with Gasteiger partial charge in [-0.2, -0.15) is 0 Å². The number of nitrogens with two attached hydrogens (primary N) is 2. The number of rotatable bonds is 3. The molecular formula is C17H22N2. The summed E-state index contributed by atoms with van der Waals surface area (Å²) in [5, 5.41) is 0. The first kappa shape index (κ1) is 13.8. The Morgan fingerprint density at radius 2 is 1.16 bits per heavy atom. The molecular weight excluding hydrogens is 232 g/mol. The van der Waals surface area contributed by atoms with Gasteiger partial charge < -0.3 is 11.5 Å². The van der Waals surface area contributed by atoms with Crippen LogP contribution in [0.5, 0.6) is 0 Å². The van der Waals surface area contributed by atoms with Crippen LogP contribution < -0.4 is 11.5 Å².